The highest BCUT2D eigenvalue weighted by Crippen LogP contribution is 2.28. The van der Waals surface area contributed by atoms with Crippen molar-refractivity contribution in [2.24, 2.45) is 0 Å². The molecule has 2 aromatic rings. The predicted octanol–water partition coefficient (Wildman–Crippen LogP) is 1.90. The fourth-order valence-electron chi connectivity index (χ4n) is 2.71. The van der Waals surface area contributed by atoms with E-state index >= 15 is 0 Å². The lowest BCUT2D eigenvalue weighted by Crippen LogP contribution is -2.37. The molecule has 1 saturated heterocycles. The van der Waals surface area contributed by atoms with E-state index in [-0.39, 0.29) is 0 Å². The van der Waals surface area contributed by atoms with Crippen LogP contribution in [-0.4, -0.2) is 43.6 Å². The average Bonchev–Trinajstić information content (AvgIpc) is 2.84. The lowest BCUT2D eigenvalue weighted by Gasteiger charge is -2.29. The van der Waals surface area contributed by atoms with Crippen LogP contribution in [0.5, 0.6) is 0 Å². The monoisotopic (exact) mass is 260 g/mol. The van der Waals surface area contributed by atoms with Gasteiger partial charge in [0, 0.05) is 31.4 Å². The zero-order chi connectivity index (χ0) is 13.4. The molecule has 2 aromatic heterocycles. The fraction of sp³-hybridized carbons (Fsp3) is 0.462. The van der Waals surface area contributed by atoms with Gasteiger partial charge in [0.1, 0.15) is 5.82 Å². The summed E-state index contributed by atoms with van der Waals surface area (Å²) >= 11 is 0. The van der Waals surface area contributed by atoms with Crippen LogP contribution in [0, 0.1) is 6.92 Å². The number of piperidine rings is 1. The van der Waals surface area contributed by atoms with Crippen LogP contribution in [0.4, 0.5) is 4.79 Å². The summed E-state index contributed by atoms with van der Waals surface area (Å²) in [5.41, 5.74) is 1.99. The molecule has 1 fully saturated rings. The number of rotatable bonds is 1. The van der Waals surface area contributed by atoms with Gasteiger partial charge < -0.3 is 14.4 Å². The van der Waals surface area contributed by atoms with Crippen molar-refractivity contribution in [3.8, 4) is 0 Å². The van der Waals surface area contributed by atoms with Crippen molar-refractivity contribution in [1.29, 1.82) is 0 Å². The van der Waals surface area contributed by atoms with Gasteiger partial charge in [-0.25, -0.2) is 9.78 Å². The van der Waals surface area contributed by atoms with Crippen LogP contribution < -0.4 is 0 Å². The number of carbonyl (C=O) groups is 1. The molecule has 1 amide bonds. The lowest BCUT2D eigenvalue weighted by molar-refractivity contribution is 0.131. The van der Waals surface area contributed by atoms with E-state index in [1.807, 2.05) is 19.3 Å². The van der Waals surface area contributed by atoms with Gasteiger partial charge in [0.15, 0.2) is 0 Å². The Hall–Kier alpha value is -2.11. The van der Waals surface area contributed by atoms with E-state index in [9.17, 15) is 4.79 Å². The molecular formula is C13H16N4O2. The third kappa shape index (κ3) is 2.03. The van der Waals surface area contributed by atoms with Gasteiger partial charge in [-0.1, -0.05) is 0 Å². The van der Waals surface area contributed by atoms with Crippen molar-refractivity contribution in [2.45, 2.75) is 25.7 Å². The van der Waals surface area contributed by atoms with Crippen LogP contribution in [0.3, 0.4) is 0 Å². The molecule has 0 unspecified atom stereocenters. The zero-order valence-corrected chi connectivity index (χ0v) is 10.8. The summed E-state index contributed by atoms with van der Waals surface area (Å²) in [5.74, 6) is 1.34. The average molecular weight is 260 g/mol. The highest BCUT2D eigenvalue weighted by Gasteiger charge is 2.26. The first kappa shape index (κ1) is 12.0. The summed E-state index contributed by atoms with van der Waals surface area (Å²) < 4.78 is 2.07. The summed E-state index contributed by atoms with van der Waals surface area (Å²) in [4.78, 5) is 21.1. The highest BCUT2D eigenvalue weighted by atomic mass is 16.4. The number of hydrogen-bond donors (Lipinski definition) is 1. The van der Waals surface area contributed by atoms with Crippen molar-refractivity contribution in [3.63, 3.8) is 0 Å². The Balaban J connectivity index is 1.86. The van der Waals surface area contributed by atoms with Gasteiger partial charge in [0.25, 0.3) is 0 Å². The number of aryl methyl sites for hydroxylation is 1. The van der Waals surface area contributed by atoms with Crippen LogP contribution in [0.25, 0.3) is 5.52 Å². The van der Waals surface area contributed by atoms with Gasteiger partial charge in [-0.2, -0.15) is 0 Å². The molecule has 0 aromatic carbocycles. The van der Waals surface area contributed by atoms with Crippen LogP contribution in [0.2, 0.25) is 0 Å². The lowest BCUT2D eigenvalue weighted by atomic mass is 9.96. The number of aromatic nitrogens is 3. The Morgan fingerprint density at radius 3 is 2.79 bits per heavy atom. The van der Waals surface area contributed by atoms with E-state index in [1.165, 1.54) is 4.90 Å². The van der Waals surface area contributed by atoms with Crippen LogP contribution >= 0.6 is 0 Å². The minimum atomic E-state index is -0.827. The molecule has 6 heteroatoms. The quantitative estimate of drug-likeness (QED) is 0.850. The number of amides is 1. The summed E-state index contributed by atoms with van der Waals surface area (Å²) in [5, 5.41) is 8.96. The Labute approximate surface area is 110 Å². The molecule has 0 saturated carbocycles. The smallest absolute Gasteiger partial charge is 0.407 e. The maximum Gasteiger partial charge on any atom is 0.407 e. The molecule has 0 bridgehead atoms. The number of likely N-dealkylation sites (tertiary alicyclic amines) is 1. The van der Waals surface area contributed by atoms with Crippen molar-refractivity contribution < 1.29 is 9.90 Å². The second-order valence-electron chi connectivity index (χ2n) is 4.93. The first-order valence-electron chi connectivity index (χ1n) is 6.43. The normalized spacial score (nSPS) is 17.0. The van der Waals surface area contributed by atoms with Crippen LogP contribution in [-0.2, 0) is 0 Å². The van der Waals surface area contributed by atoms with Gasteiger partial charge in [-0.15, -0.1) is 0 Å². The predicted molar refractivity (Wildman–Crippen MR) is 69.3 cm³/mol. The third-order valence-electron chi connectivity index (χ3n) is 3.81. The number of nitrogens with zero attached hydrogens (tertiary/aromatic N) is 4. The van der Waals surface area contributed by atoms with E-state index in [0.717, 1.165) is 29.9 Å². The maximum absolute atomic E-state index is 10.9. The number of imidazole rings is 1. The number of hydrogen-bond acceptors (Lipinski definition) is 3. The third-order valence-corrected chi connectivity index (χ3v) is 3.81. The molecule has 100 valence electrons. The highest BCUT2D eigenvalue weighted by molar-refractivity contribution is 5.65. The van der Waals surface area contributed by atoms with Gasteiger partial charge in [-0.05, 0) is 19.8 Å². The van der Waals surface area contributed by atoms with Crippen LogP contribution in [0.15, 0.2) is 18.6 Å². The second kappa shape index (κ2) is 4.53. The van der Waals surface area contributed by atoms with Gasteiger partial charge in [0.2, 0.25) is 0 Å². The molecular weight excluding hydrogens is 244 g/mol. The summed E-state index contributed by atoms with van der Waals surface area (Å²) in [6.45, 7) is 3.13. The van der Waals surface area contributed by atoms with Gasteiger partial charge in [-0.3, -0.25) is 4.98 Å². The van der Waals surface area contributed by atoms with Gasteiger partial charge in [0.05, 0.1) is 17.4 Å². The molecule has 1 aliphatic rings. The number of carboxylic acid groups (broad SMARTS) is 1. The first-order chi connectivity index (χ1) is 9.16. The molecule has 1 aliphatic heterocycles. The first-order valence-corrected chi connectivity index (χ1v) is 6.43. The van der Waals surface area contributed by atoms with Crippen molar-refractivity contribution in [1.82, 2.24) is 19.3 Å². The van der Waals surface area contributed by atoms with E-state index < -0.39 is 6.09 Å². The maximum atomic E-state index is 10.9. The Bertz CT molecular complexity index is 614. The number of fused-ring (bicyclic) bond motifs is 1. The molecule has 6 nitrogen and oxygen atoms in total. The van der Waals surface area contributed by atoms with Crippen molar-refractivity contribution in [2.75, 3.05) is 13.1 Å². The van der Waals surface area contributed by atoms with E-state index in [4.69, 9.17) is 5.11 Å². The van der Waals surface area contributed by atoms with Crippen molar-refractivity contribution in [3.05, 3.63) is 30.1 Å². The zero-order valence-electron chi connectivity index (χ0n) is 10.8. The van der Waals surface area contributed by atoms with Crippen LogP contribution in [0.1, 0.15) is 30.3 Å². The molecule has 0 radical (unpaired) electrons. The Morgan fingerprint density at radius 2 is 2.11 bits per heavy atom. The Morgan fingerprint density at radius 1 is 1.37 bits per heavy atom. The van der Waals surface area contributed by atoms with Gasteiger partial charge >= 0.3 is 6.09 Å². The molecule has 0 aliphatic carbocycles. The molecule has 3 rings (SSSR count). The topological polar surface area (TPSA) is 70.7 Å². The molecule has 3 heterocycles. The minimum Gasteiger partial charge on any atom is -0.465 e. The molecule has 0 spiro atoms. The molecule has 0 atom stereocenters. The second-order valence-corrected chi connectivity index (χ2v) is 4.93. The summed E-state index contributed by atoms with van der Waals surface area (Å²) in [7, 11) is 0. The largest absolute Gasteiger partial charge is 0.465 e. The van der Waals surface area contributed by atoms with E-state index in [2.05, 4.69) is 14.4 Å². The Kier molecular flexibility index (Phi) is 2.85. The summed E-state index contributed by atoms with van der Waals surface area (Å²) in [6.07, 6.45) is 6.38. The van der Waals surface area contributed by atoms with Crippen molar-refractivity contribution >= 4 is 11.6 Å². The molecule has 1 N–H and O–H groups in total. The fourth-order valence-corrected chi connectivity index (χ4v) is 2.71. The van der Waals surface area contributed by atoms with E-state index in [1.54, 1.807) is 6.20 Å². The summed E-state index contributed by atoms with van der Waals surface area (Å²) in [6, 6.07) is 0. The van der Waals surface area contributed by atoms with E-state index in [0.29, 0.717) is 19.0 Å². The SMILES string of the molecule is Cc1nccn2c(C3CCN(C(=O)O)CC3)ncc12. The standard InChI is InChI=1S/C13H16N4O2/c1-9-11-8-15-12(17(11)7-4-14-9)10-2-5-16(6-3-10)13(18)19/h4,7-8,10H,2-3,5-6H2,1H3,(H,18,19). The minimum absolute atomic E-state index is 0.319. The molecule has 19 heavy (non-hydrogen) atoms.